The number of aromatic nitrogens is 2. The number of hydrogen-bond acceptors (Lipinski definition) is 4. The van der Waals surface area contributed by atoms with Gasteiger partial charge in [-0.15, -0.1) is 0 Å². The van der Waals surface area contributed by atoms with Gasteiger partial charge in [0.25, 0.3) is 0 Å². The highest BCUT2D eigenvalue weighted by molar-refractivity contribution is 5.91. The van der Waals surface area contributed by atoms with Crippen LogP contribution in [-0.4, -0.2) is 22.7 Å². The Labute approximate surface area is 101 Å². The number of alkyl halides is 3. The van der Waals surface area contributed by atoms with Gasteiger partial charge < -0.3 is 11.1 Å². The van der Waals surface area contributed by atoms with E-state index in [0.717, 1.165) is 0 Å². The Kier molecular flexibility index (Phi) is 3.22. The number of benzene rings is 1. The van der Waals surface area contributed by atoms with E-state index in [-0.39, 0.29) is 6.54 Å². The lowest BCUT2D eigenvalue weighted by Gasteiger charge is -2.10. The molecule has 0 saturated carbocycles. The molecule has 3 N–H and O–H groups in total. The summed E-state index contributed by atoms with van der Waals surface area (Å²) < 4.78 is 36.1. The van der Waals surface area contributed by atoms with Gasteiger partial charge in [0.2, 0.25) is 0 Å². The van der Waals surface area contributed by atoms with Crippen LogP contribution < -0.4 is 11.1 Å². The fraction of sp³-hybridized carbons (Fsp3) is 0.273. The third-order valence-electron chi connectivity index (χ3n) is 2.36. The summed E-state index contributed by atoms with van der Waals surface area (Å²) in [4.78, 5) is 7.93. The minimum Gasteiger partial charge on any atom is -0.399 e. The molecule has 0 unspecified atom stereocenters. The monoisotopic (exact) mass is 256 g/mol. The van der Waals surface area contributed by atoms with Crippen LogP contribution in [0.2, 0.25) is 0 Å². The first-order valence-electron chi connectivity index (χ1n) is 5.26. The lowest BCUT2D eigenvalue weighted by atomic mass is 10.2. The zero-order valence-corrected chi connectivity index (χ0v) is 9.33. The van der Waals surface area contributed by atoms with Crippen LogP contribution in [0.15, 0.2) is 24.5 Å². The first kappa shape index (κ1) is 12.4. The summed E-state index contributed by atoms with van der Waals surface area (Å²) in [5.74, 6) is 0.358. The lowest BCUT2D eigenvalue weighted by molar-refractivity contribution is -0.131. The van der Waals surface area contributed by atoms with Gasteiger partial charge in [0, 0.05) is 17.6 Å². The van der Waals surface area contributed by atoms with Crippen molar-refractivity contribution in [2.45, 2.75) is 12.6 Å². The Balaban J connectivity index is 2.20. The van der Waals surface area contributed by atoms with Crippen LogP contribution in [0.5, 0.6) is 0 Å². The maximum atomic E-state index is 12.0. The Morgan fingerprint density at radius 1 is 1.22 bits per heavy atom. The number of fused-ring (bicyclic) bond motifs is 1. The lowest BCUT2D eigenvalue weighted by Crippen LogP contribution is -2.15. The van der Waals surface area contributed by atoms with E-state index in [1.807, 2.05) is 0 Å². The molecule has 7 heteroatoms. The van der Waals surface area contributed by atoms with Crippen molar-refractivity contribution in [2.75, 3.05) is 17.6 Å². The molecule has 4 nitrogen and oxygen atoms in total. The number of hydrogen-bond donors (Lipinski definition) is 2. The van der Waals surface area contributed by atoms with Crippen molar-refractivity contribution in [2.24, 2.45) is 0 Å². The molecule has 0 bridgehead atoms. The number of nitrogens with one attached hydrogen (secondary N) is 1. The molecule has 0 aliphatic heterocycles. The van der Waals surface area contributed by atoms with Gasteiger partial charge in [0.1, 0.15) is 12.1 Å². The van der Waals surface area contributed by atoms with Gasteiger partial charge in [-0.3, -0.25) is 0 Å². The van der Waals surface area contributed by atoms with Gasteiger partial charge in [-0.2, -0.15) is 13.2 Å². The third kappa shape index (κ3) is 2.99. The van der Waals surface area contributed by atoms with Gasteiger partial charge >= 0.3 is 6.18 Å². The minimum absolute atomic E-state index is 0.232. The normalized spacial score (nSPS) is 11.7. The van der Waals surface area contributed by atoms with Gasteiger partial charge in [-0.1, -0.05) is 0 Å². The zero-order chi connectivity index (χ0) is 13.2. The van der Waals surface area contributed by atoms with Crippen molar-refractivity contribution in [3.63, 3.8) is 0 Å². The van der Waals surface area contributed by atoms with Crippen LogP contribution in [0.1, 0.15) is 6.42 Å². The molecular formula is C11H11F3N4. The van der Waals surface area contributed by atoms with Gasteiger partial charge in [0.05, 0.1) is 11.9 Å². The maximum Gasteiger partial charge on any atom is 0.390 e. The maximum absolute atomic E-state index is 12.0. The smallest absolute Gasteiger partial charge is 0.390 e. The van der Waals surface area contributed by atoms with E-state index in [4.69, 9.17) is 5.73 Å². The molecule has 0 amide bonds. The highest BCUT2D eigenvalue weighted by Crippen LogP contribution is 2.23. The zero-order valence-electron chi connectivity index (χ0n) is 9.33. The fourth-order valence-corrected chi connectivity index (χ4v) is 1.54. The Bertz CT molecular complexity index is 553. The van der Waals surface area contributed by atoms with E-state index in [9.17, 15) is 13.2 Å². The molecular weight excluding hydrogens is 245 g/mol. The average molecular weight is 256 g/mol. The van der Waals surface area contributed by atoms with Crippen LogP contribution in [0.4, 0.5) is 24.7 Å². The first-order chi connectivity index (χ1) is 8.46. The second kappa shape index (κ2) is 4.67. The molecule has 0 aliphatic rings. The number of halogens is 3. The SMILES string of the molecule is Nc1ccc2ncnc(NCCC(F)(F)F)c2c1. The van der Waals surface area contributed by atoms with Crippen molar-refractivity contribution >= 4 is 22.4 Å². The summed E-state index contributed by atoms with van der Waals surface area (Å²) in [5, 5.41) is 3.26. The topological polar surface area (TPSA) is 63.8 Å². The summed E-state index contributed by atoms with van der Waals surface area (Å²) >= 11 is 0. The van der Waals surface area contributed by atoms with Crippen molar-refractivity contribution in [3.8, 4) is 0 Å². The number of nitrogens with two attached hydrogens (primary N) is 1. The standard InChI is InChI=1S/C11H11F3N4/c12-11(13,14)3-4-16-10-8-5-7(15)1-2-9(8)17-6-18-10/h1-2,5-6H,3-4,15H2,(H,16,17,18). The van der Waals surface area contributed by atoms with E-state index in [2.05, 4.69) is 15.3 Å². The Hall–Kier alpha value is -2.05. The predicted molar refractivity (Wildman–Crippen MR) is 63.1 cm³/mol. The summed E-state index contributed by atoms with van der Waals surface area (Å²) in [6, 6.07) is 5.00. The van der Waals surface area contributed by atoms with Crippen LogP contribution in [-0.2, 0) is 0 Å². The van der Waals surface area contributed by atoms with Crippen molar-refractivity contribution in [3.05, 3.63) is 24.5 Å². The van der Waals surface area contributed by atoms with E-state index in [1.165, 1.54) is 6.33 Å². The third-order valence-corrected chi connectivity index (χ3v) is 2.36. The van der Waals surface area contributed by atoms with Gasteiger partial charge in [-0.25, -0.2) is 9.97 Å². The van der Waals surface area contributed by atoms with Crippen LogP contribution >= 0.6 is 0 Å². The van der Waals surface area contributed by atoms with Gasteiger partial charge in [-0.05, 0) is 18.2 Å². The van der Waals surface area contributed by atoms with Crippen LogP contribution in [0.3, 0.4) is 0 Å². The Morgan fingerprint density at radius 2 is 2.00 bits per heavy atom. The largest absolute Gasteiger partial charge is 0.399 e. The first-order valence-corrected chi connectivity index (χ1v) is 5.26. The molecule has 0 fully saturated rings. The molecule has 0 aliphatic carbocycles. The minimum atomic E-state index is -4.19. The molecule has 0 saturated heterocycles. The molecule has 1 aromatic heterocycles. The molecule has 0 radical (unpaired) electrons. The number of nitrogens with zero attached hydrogens (tertiary/aromatic N) is 2. The second-order valence-electron chi connectivity index (χ2n) is 3.79. The molecule has 18 heavy (non-hydrogen) atoms. The summed E-state index contributed by atoms with van der Waals surface area (Å²) in [7, 11) is 0. The summed E-state index contributed by atoms with van der Waals surface area (Å²) in [6.07, 6.45) is -3.80. The predicted octanol–water partition coefficient (Wildman–Crippen LogP) is 2.58. The highest BCUT2D eigenvalue weighted by Gasteiger charge is 2.26. The van der Waals surface area contributed by atoms with E-state index in [0.29, 0.717) is 22.4 Å². The number of rotatable bonds is 3. The Morgan fingerprint density at radius 3 is 2.72 bits per heavy atom. The fourth-order valence-electron chi connectivity index (χ4n) is 1.54. The molecule has 0 spiro atoms. The molecule has 2 rings (SSSR count). The number of nitrogen functional groups attached to an aromatic ring is 1. The second-order valence-corrected chi connectivity index (χ2v) is 3.79. The van der Waals surface area contributed by atoms with Crippen molar-refractivity contribution < 1.29 is 13.2 Å². The van der Waals surface area contributed by atoms with E-state index in [1.54, 1.807) is 18.2 Å². The van der Waals surface area contributed by atoms with Crippen LogP contribution in [0, 0.1) is 0 Å². The van der Waals surface area contributed by atoms with E-state index >= 15 is 0 Å². The quantitative estimate of drug-likeness (QED) is 0.828. The van der Waals surface area contributed by atoms with Crippen LogP contribution in [0.25, 0.3) is 10.9 Å². The van der Waals surface area contributed by atoms with Crippen molar-refractivity contribution in [1.29, 1.82) is 0 Å². The summed E-state index contributed by atoms with van der Waals surface area (Å²) in [6.45, 7) is -0.232. The molecule has 0 atom stereocenters. The number of anilines is 2. The van der Waals surface area contributed by atoms with Gasteiger partial charge in [0.15, 0.2) is 0 Å². The molecule has 1 heterocycles. The van der Waals surface area contributed by atoms with E-state index < -0.39 is 12.6 Å². The van der Waals surface area contributed by atoms with Crippen molar-refractivity contribution in [1.82, 2.24) is 9.97 Å². The average Bonchev–Trinajstić information content (AvgIpc) is 2.28. The highest BCUT2D eigenvalue weighted by atomic mass is 19.4. The molecule has 2 aromatic rings. The summed E-state index contributed by atoms with van der Waals surface area (Å²) in [5.41, 5.74) is 6.77. The molecule has 96 valence electrons. The molecule has 1 aromatic carbocycles.